The summed E-state index contributed by atoms with van der Waals surface area (Å²) in [6.07, 6.45) is 0. The monoisotopic (exact) mass is 374 g/mol. The van der Waals surface area contributed by atoms with Crippen molar-refractivity contribution in [3.05, 3.63) is 23.9 Å². The fourth-order valence-electron chi connectivity index (χ4n) is 3.19. The number of hydrogen-bond donors (Lipinski definition) is 1. The number of hydrogen-bond acceptors (Lipinski definition) is 5. The Kier molecular flexibility index (Phi) is 6.01. The first-order valence-electron chi connectivity index (χ1n) is 9.51. The predicted molar refractivity (Wildman–Crippen MR) is 105 cm³/mol. The first-order chi connectivity index (χ1) is 12.9. The number of nitrogens with zero attached hydrogens (tertiary/aromatic N) is 3. The highest BCUT2D eigenvalue weighted by molar-refractivity contribution is 6.06. The molecule has 1 fully saturated rings. The Bertz CT molecular complexity index is 788. The van der Waals surface area contributed by atoms with Crippen LogP contribution in [0.4, 0.5) is 0 Å². The lowest BCUT2D eigenvalue weighted by Crippen LogP contribution is -2.38. The van der Waals surface area contributed by atoms with Gasteiger partial charge in [-0.05, 0) is 11.5 Å². The van der Waals surface area contributed by atoms with Gasteiger partial charge in [0.15, 0.2) is 5.69 Å². The quantitative estimate of drug-likeness (QED) is 0.839. The Hall–Kier alpha value is -2.12. The lowest BCUT2D eigenvalue weighted by Gasteiger charge is -2.26. The molecule has 1 N–H and O–H groups in total. The molecule has 0 aliphatic carbocycles. The first-order valence-corrected chi connectivity index (χ1v) is 9.51. The van der Waals surface area contributed by atoms with Crippen LogP contribution < -0.4 is 10.1 Å². The van der Waals surface area contributed by atoms with Crippen LogP contribution in [0.25, 0.3) is 10.9 Å². The van der Waals surface area contributed by atoms with Gasteiger partial charge in [0.1, 0.15) is 11.3 Å². The van der Waals surface area contributed by atoms with Gasteiger partial charge < -0.3 is 14.8 Å². The van der Waals surface area contributed by atoms with Gasteiger partial charge in [-0.25, -0.2) is 0 Å². The molecule has 148 valence electrons. The van der Waals surface area contributed by atoms with Crippen LogP contribution in [0.5, 0.6) is 5.75 Å². The molecular formula is C20H30N4O3. The average Bonchev–Trinajstić information content (AvgIpc) is 3.03. The summed E-state index contributed by atoms with van der Waals surface area (Å²) in [6, 6.07) is 5.74. The van der Waals surface area contributed by atoms with E-state index < -0.39 is 0 Å². The number of nitrogens with one attached hydrogen (secondary N) is 1. The minimum Gasteiger partial charge on any atom is -0.494 e. The van der Waals surface area contributed by atoms with Gasteiger partial charge in [-0.15, -0.1) is 0 Å². The SMILES string of the molecule is COc1cccc2c(C(=O)NCC(C)(C)C)nn(CCN3CCOCC3)c12. The van der Waals surface area contributed by atoms with E-state index in [1.165, 1.54) is 0 Å². The fraction of sp³-hybridized carbons (Fsp3) is 0.600. The predicted octanol–water partition coefficient (Wildman–Crippen LogP) is 2.15. The molecule has 2 heterocycles. The number of rotatable bonds is 6. The van der Waals surface area contributed by atoms with Gasteiger partial charge >= 0.3 is 0 Å². The van der Waals surface area contributed by atoms with Gasteiger partial charge in [-0.2, -0.15) is 5.10 Å². The van der Waals surface area contributed by atoms with Gasteiger partial charge in [0, 0.05) is 31.6 Å². The number of methoxy groups -OCH3 is 1. The molecular weight excluding hydrogens is 344 g/mol. The molecule has 7 heteroatoms. The Morgan fingerprint density at radius 1 is 1.26 bits per heavy atom. The summed E-state index contributed by atoms with van der Waals surface area (Å²) in [5.74, 6) is 0.588. The van der Waals surface area contributed by atoms with Crippen molar-refractivity contribution in [3.63, 3.8) is 0 Å². The summed E-state index contributed by atoms with van der Waals surface area (Å²) in [5, 5.41) is 8.48. The number of benzene rings is 1. The molecule has 0 unspecified atom stereocenters. The van der Waals surface area contributed by atoms with E-state index in [4.69, 9.17) is 9.47 Å². The van der Waals surface area contributed by atoms with Crippen LogP contribution in [0.15, 0.2) is 18.2 Å². The number of para-hydroxylation sites is 1. The molecule has 1 aromatic carbocycles. The number of amides is 1. The minimum absolute atomic E-state index is 0.0159. The molecule has 0 saturated carbocycles. The van der Waals surface area contributed by atoms with Crippen LogP contribution in [0.3, 0.4) is 0 Å². The van der Waals surface area contributed by atoms with Crippen LogP contribution in [0.2, 0.25) is 0 Å². The van der Waals surface area contributed by atoms with E-state index in [0.29, 0.717) is 18.8 Å². The number of carbonyl (C=O) groups is 1. The summed E-state index contributed by atoms with van der Waals surface area (Å²) in [5.41, 5.74) is 1.34. The maximum Gasteiger partial charge on any atom is 0.272 e. The van der Waals surface area contributed by atoms with Crippen molar-refractivity contribution in [2.75, 3.05) is 46.5 Å². The third-order valence-corrected chi connectivity index (χ3v) is 4.68. The highest BCUT2D eigenvalue weighted by Gasteiger charge is 2.22. The van der Waals surface area contributed by atoms with Gasteiger partial charge in [0.05, 0.1) is 26.9 Å². The summed E-state index contributed by atoms with van der Waals surface area (Å²) < 4.78 is 12.9. The zero-order valence-corrected chi connectivity index (χ0v) is 16.7. The van der Waals surface area contributed by atoms with Crippen molar-refractivity contribution in [2.24, 2.45) is 5.41 Å². The number of fused-ring (bicyclic) bond motifs is 1. The maximum atomic E-state index is 12.8. The van der Waals surface area contributed by atoms with Gasteiger partial charge in [-0.1, -0.05) is 32.9 Å². The Balaban J connectivity index is 1.86. The van der Waals surface area contributed by atoms with E-state index in [0.717, 1.165) is 49.5 Å². The zero-order valence-electron chi connectivity index (χ0n) is 16.7. The van der Waals surface area contributed by atoms with E-state index >= 15 is 0 Å². The molecule has 0 bridgehead atoms. The van der Waals surface area contributed by atoms with Crippen LogP contribution in [-0.4, -0.2) is 67.1 Å². The molecule has 1 aliphatic heterocycles. The third kappa shape index (κ3) is 4.78. The number of carbonyl (C=O) groups excluding carboxylic acids is 1. The maximum absolute atomic E-state index is 12.8. The highest BCUT2D eigenvalue weighted by atomic mass is 16.5. The van der Waals surface area contributed by atoms with Crippen LogP contribution in [0, 0.1) is 5.41 Å². The zero-order chi connectivity index (χ0) is 19.4. The first kappa shape index (κ1) is 19.6. The smallest absolute Gasteiger partial charge is 0.272 e. The van der Waals surface area contributed by atoms with Crippen molar-refractivity contribution >= 4 is 16.8 Å². The van der Waals surface area contributed by atoms with E-state index in [1.807, 2.05) is 22.9 Å². The fourth-order valence-corrected chi connectivity index (χ4v) is 3.19. The number of ether oxygens (including phenoxy) is 2. The Morgan fingerprint density at radius 3 is 2.67 bits per heavy atom. The molecule has 1 amide bonds. The number of morpholine rings is 1. The van der Waals surface area contributed by atoms with Gasteiger partial charge in [0.25, 0.3) is 5.91 Å². The highest BCUT2D eigenvalue weighted by Crippen LogP contribution is 2.28. The number of aromatic nitrogens is 2. The van der Waals surface area contributed by atoms with Crippen molar-refractivity contribution in [1.29, 1.82) is 0 Å². The normalized spacial score (nSPS) is 15.9. The summed E-state index contributed by atoms with van der Waals surface area (Å²) in [7, 11) is 1.65. The minimum atomic E-state index is -0.145. The molecule has 2 aromatic rings. The van der Waals surface area contributed by atoms with Crippen molar-refractivity contribution in [3.8, 4) is 5.75 Å². The topological polar surface area (TPSA) is 68.6 Å². The summed E-state index contributed by atoms with van der Waals surface area (Å²) >= 11 is 0. The second kappa shape index (κ2) is 8.27. The molecule has 1 saturated heterocycles. The average molecular weight is 374 g/mol. The van der Waals surface area contributed by atoms with Gasteiger partial charge in [-0.3, -0.25) is 14.4 Å². The second-order valence-electron chi connectivity index (χ2n) is 8.13. The Labute approximate surface area is 160 Å². The molecule has 1 aromatic heterocycles. The standard InChI is InChI=1S/C20H30N4O3/c1-20(2,3)14-21-19(25)17-15-6-5-7-16(26-4)18(15)24(22-17)9-8-23-10-12-27-13-11-23/h5-7H,8-14H2,1-4H3,(H,21,25). The molecule has 7 nitrogen and oxygen atoms in total. The lowest BCUT2D eigenvalue weighted by atomic mass is 9.97. The third-order valence-electron chi connectivity index (χ3n) is 4.68. The van der Waals surface area contributed by atoms with E-state index in [2.05, 4.69) is 36.1 Å². The van der Waals surface area contributed by atoms with E-state index in [-0.39, 0.29) is 11.3 Å². The molecule has 3 rings (SSSR count). The van der Waals surface area contributed by atoms with E-state index in [9.17, 15) is 4.79 Å². The van der Waals surface area contributed by atoms with Crippen LogP contribution >= 0.6 is 0 Å². The van der Waals surface area contributed by atoms with E-state index in [1.54, 1.807) is 7.11 Å². The molecule has 0 radical (unpaired) electrons. The summed E-state index contributed by atoms with van der Waals surface area (Å²) in [6.45, 7) is 11.8. The molecule has 27 heavy (non-hydrogen) atoms. The molecule has 1 aliphatic rings. The summed E-state index contributed by atoms with van der Waals surface area (Å²) in [4.78, 5) is 15.1. The van der Waals surface area contributed by atoms with Crippen molar-refractivity contribution in [1.82, 2.24) is 20.0 Å². The van der Waals surface area contributed by atoms with Gasteiger partial charge in [0.2, 0.25) is 0 Å². The molecule has 0 spiro atoms. The van der Waals surface area contributed by atoms with Crippen molar-refractivity contribution in [2.45, 2.75) is 27.3 Å². The van der Waals surface area contributed by atoms with Crippen LogP contribution in [0.1, 0.15) is 31.3 Å². The van der Waals surface area contributed by atoms with Crippen LogP contribution in [-0.2, 0) is 11.3 Å². The largest absolute Gasteiger partial charge is 0.494 e. The Morgan fingerprint density at radius 2 is 2.00 bits per heavy atom. The lowest BCUT2D eigenvalue weighted by molar-refractivity contribution is 0.0361. The second-order valence-corrected chi connectivity index (χ2v) is 8.13. The van der Waals surface area contributed by atoms with Crippen molar-refractivity contribution < 1.29 is 14.3 Å². The molecule has 0 atom stereocenters.